The molecule has 0 saturated carbocycles. The van der Waals surface area contributed by atoms with Gasteiger partial charge in [0.25, 0.3) is 0 Å². The van der Waals surface area contributed by atoms with Gasteiger partial charge >= 0.3 is 5.63 Å². The van der Waals surface area contributed by atoms with Crippen LogP contribution in [0.15, 0.2) is 57.7 Å². The molecule has 4 rings (SSSR count). The van der Waals surface area contributed by atoms with E-state index in [1.807, 2.05) is 54.3 Å². The number of fused-ring (bicyclic) bond motifs is 2. The molecule has 24 heavy (non-hydrogen) atoms. The molecule has 2 aromatic carbocycles. The third-order valence-electron chi connectivity index (χ3n) is 4.20. The van der Waals surface area contributed by atoms with E-state index in [2.05, 4.69) is 5.32 Å². The summed E-state index contributed by atoms with van der Waals surface area (Å²) in [5, 5.41) is 3.76. The summed E-state index contributed by atoms with van der Waals surface area (Å²) >= 11 is 0. The van der Waals surface area contributed by atoms with Crippen molar-refractivity contribution in [3.63, 3.8) is 0 Å². The molecule has 1 aliphatic rings. The fourth-order valence-electron chi connectivity index (χ4n) is 3.12. The minimum atomic E-state index is -0.377. The van der Waals surface area contributed by atoms with Crippen molar-refractivity contribution in [3.05, 3.63) is 70.1 Å². The Balaban J connectivity index is 1.80. The van der Waals surface area contributed by atoms with Crippen LogP contribution in [-0.4, -0.2) is 12.5 Å². The molecule has 0 radical (unpaired) electrons. The van der Waals surface area contributed by atoms with Crippen molar-refractivity contribution in [2.24, 2.45) is 0 Å². The second-order valence-electron chi connectivity index (χ2n) is 6.01. The van der Waals surface area contributed by atoms with E-state index in [9.17, 15) is 9.59 Å². The van der Waals surface area contributed by atoms with Crippen LogP contribution in [0.1, 0.15) is 11.1 Å². The molecule has 1 aromatic heterocycles. The lowest BCUT2D eigenvalue weighted by atomic mass is 10.1. The van der Waals surface area contributed by atoms with Gasteiger partial charge in [-0.1, -0.05) is 24.3 Å². The van der Waals surface area contributed by atoms with Gasteiger partial charge in [0.2, 0.25) is 5.91 Å². The van der Waals surface area contributed by atoms with E-state index in [0.717, 1.165) is 27.9 Å². The van der Waals surface area contributed by atoms with Crippen LogP contribution in [-0.2, 0) is 11.3 Å². The van der Waals surface area contributed by atoms with Crippen LogP contribution in [0.25, 0.3) is 11.0 Å². The van der Waals surface area contributed by atoms with Crippen LogP contribution >= 0.6 is 0 Å². The Labute approximate surface area is 138 Å². The van der Waals surface area contributed by atoms with E-state index < -0.39 is 0 Å². The van der Waals surface area contributed by atoms with Crippen LogP contribution in [0.2, 0.25) is 0 Å². The topological polar surface area (TPSA) is 62.6 Å². The van der Waals surface area contributed by atoms with Gasteiger partial charge in [0, 0.05) is 18.0 Å². The molecule has 0 saturated heterocycles. The predicted molar refractivity (Wildman–Crippen MR) is 93.3 cm³/mol. The lowest BCUT2D eigenvalue weighted by molar-refractivity contribution is -0.115. The Morgan fingerprint density at radius 2 is 1.96 bits per heavy atom. The van der Waals surface area contributed by atoms with E-state index in [1.54, 1.807) is 0 Å². The van der Waals surface area contributed by atoms with E-state index in [0.29, 0.717) is 12.1 Å². The Morgan fingerprint density at radius 3 is 2.83 bits per heavy atom. The minimum Gasteiger partial charge on any atom is -0.423 e. The van der Waals surface area contributed by atoms with E-state index in [4.69, 9.17) is 4.42 Å². The number of benzene rings is 2. The number of rotatable bonds is 2. The number of amides is 1. The molecule has 5 nitrogen and oxygen atoms in total. The number of hydrogen-bond donors (Lipinski definition) is 1. The lowest BCUT2D eigenvalue weighted by Gasteiger charge is -2.31. The molecular formula is C19H16N2O3. The van der Waals surface area contributed by atoms with Crippen molar-refractivity contribution in [3.8, 4) is 0 Å². The Hall–Kier alpha value is -3.08. The molecule has 1 aliphatic heterocycles. The van der Waals surface area contributed by atoms with Crippen LogP contribution in [0.4, 0.5) is 11.4 Å². The number of nitrogens with zero attached hydrogens (tertiary/aromatic N) is 1. The van der Waals surface area contributed by atoms with Gasteiger partial charge in [-0.25, -0.2) is 4.79 Å². The average molecular weight is 320 g/mol. The Morgan fingerprint density at radius 1 is 1.12 bits per heavy atom. The number of anilines is 2. The van der Waals surface area contributed by atoms with Gasteiger partial charge in [0.1, 0.15) is 5.58 Å². The second-order valence-corrected chi connectivity index (χ2v) is 6.01. The van der Waals surface area contributed by atoms with E-state index >= 15 is 0 Å². The Kier molecular flexibility index (Phi) is 3.34. The van der Waals surface area contributed by atoms with Crippen molar-refractivity contribution in [2.75, 3.05) is 16.8 Å². The van der Waals surface area contributed by atoms with Gasteiger partial charge in [-0.2, -0.15) is 0 Å². The molecule has 0 aliphatic carbocycles. The van der Waals surface area contributed by atoms with Crippen molar-refractivity contribution in [1.82, 2.24) is 0 Å². The summed E-state index contributed by atoms with van der Waals surface area (Å²) in [5.41, 5.74) is 3.82. The second kappa shape index (κ2) is 5.53. The number of carbonyl (C=O) groups is 1. The first-order valence-electron chi connectivity index (χ1n) is 7.77. The smallest absolute Gasteiger partial charge is 0.336 e. The highest BCUT2D eigenvalue weighted by atomic mass is 16.4. The van der Waals surface area contributed by atoms with Crippen molar-refractivity contribution in [1.29, 1.82) is 0 Å². The zero-order valence-electron chi connectivity index (χ0n) is 13.2. The van der Waals surface area contributed by atoms with Gasteiger partial charge in [-0.3, -0.25) is 4.79 Å². The van der Waals surface area contributed by atoms with Gasteiger partial charge in [-0.15, -0.1) is 0 Å². The summed E-state index contributed by atoms with van der Waals surface area (Å²) in [4.78, 5) is 25.8. The first-order valence-corrected chi connectivity index (χ1v) is 7.77. The predicted octanol–water partition coefficient (Wildman–Crippen LogP) is 3.06. The summed E-state index contributed by atoms with van der Waals surface area (Å²) in [6.07, 6.45) is 0. The highest BCUT2D eigenvalue weighted by Gasteiger charge is 2.22. The van der Waals surface area contributed by atoms with E-state index in [-0.39, 0.29) is 18.1 Å². The maximum atomic E-state index is 12.0. The highest BCUT2D eigenvalue weighted by Crippen LogP contribution is 2.31. The number of aryl methyl sites for hydroxylation is 1. The number of hydrogen-bond acceptors (Lipinski definition) is 4. The standard InChI is InChI=1S/C19H16N2O3/c1-12-6-7-14-13(9-19(23)24-17(14)8-12)10-21-11-18(22)20-15-4-2-3-5-16(15)21/h2-9H,10-11H2,1H3,(H,20,22). The van der Waals surface area contributed by atoms with Gasteiger partial charge in [-0.05, 0) is 36.2 Å². The first-order chi connectivity index (χ1) is 11.6. The normalized spacial score (nSPS) is 13.7. The molecule has 5 heteroatoms. The lowest BCUT2D eigenvalue weighted by Crippen LogP contribution is -2.37. The molecule has 0 fully saturated rings. The maximum Gasteiger partial charge on any atom is 0.336 e. The molecule has 0 spiro atoms. The SMILES string of the molecule is Cc1ccc2c(CN3CC(=O)Nc4ccccc43)cc(=O)oc2c1. The number of carbonyl (C=O) groups excluding carboxylic acids is 1. The fraction of sp³-hybridized carbons (Fsp3) is 0.158. The number of nitrogens with one attached hydrogen (secondary N) is 1. The number of para-hydroxylation sites is 2. The zero-order valence-corrected chi connectivity index (χ0v) is 13.2. The van der Waals surface area contributed by atoms with Crippen molar-refractivity contribution in [2.45, 2.75) is 13.5 Å². The quantitative estimate of drug-likeness (QED) is 0.737. The average Bonchev–Trinajstić information content (AvgIpc) is 2.54. The molecule has 0 bridgehead atoms. The largest absolute Gasteiger partial charge is 0.423 e. The zero-order chi connectivity index (χ0) is 16.7. The summed E-state index contributed by atoms with van der Waals surface area (Å²) in [6, 6.07) is 15.0. The molecule has 0 unspecified atom stereocenters. The molecule has 120 valence electrons. The third kappa shape index (κ3) is 2.54. The molecule has 0 atom stereocenters. The van der Waals surface area contributed by atoms with Crippen LogP contribution in [0.5, 0.6) is 0 Å². The summed E-state index contributed by atoms with van der Waals surface area (Å²) < 4.78 is 5.31. The Bertz CT molecular complexity index is 1010. The molecular weight excluding hydrogens is 304 g/mol. The first kappa shape index (κ1) is 14.5. The summed E-state index contributed by atoms with van der Waals surface area (Å²) in [5.74, 6) is -0.0585. The molecule has 2 heterocycles. The highest BCUT2D eigenvalue weighted by molar-refractivity contribution is 6.01. The van der Waals surface area contributed by atoms with Crippen LogP contribution in [0, 0.1) is 6.92 Å². The van der Waals surface area contributed by atoms with Crippen LogP contribution < -0.4 is 15.8 Å². The van der Waals surface area contributed by atoms with Crippen LogP contribution in [0.3, 0.4) is 0 Å². The summed E-state index contributed by atoms with van der Waals surface area (Å²) in [7, 11) is 0. The fourth-order valence-corrected chi connectivity index (χ4v) is 3.12. The molecule has 1 amide bonds. The van der Waals surface area contributed by atoms with Gasteiger partial charge in [0.05, 0.1) is 17.9 Å². The molecule has 3 aromatic rings. The minimum absolute atomic E-state index is 0.0585. The van der Waals surface area contributed by atoms with Crippen molar-refractivity contribution < 1.29 is 9.21 Å². The van der Waals surface area contributed by atoms with Gasteiger partial charge < -0.3 is 14.6 Å². The van der Waals surface area contributed by atoms with Gasteiger partial charge in [0.15, 0.2) is 0 Å². The molecule has 1 N–H and O–H groups in total. The third-order valence-corrected chi connectivity index (χ3v) is 4.20. The maximum absolute atomic E-state index is 12.0. The summed E-state index contributed by atoms with van der Waals surface area (Å²) in [6.45, 7) is 2.68. The van der Waals surface area contributed by atoms with E-state index in [1.165, 1.54) is 6.07 Å². The van der Waals surface area contributed by atoms with Crippen molar-refractivity contribution >= 4 is 28.3 Å². The monoisotopic (exact) mass is 320 g/mol.